The molecule has 5 aromatic rings. The minimum absolute atomic E-state index is 0.0153. The minimum atomic E-state index is -3.85. The summed E-state index contributed by atoms with van der Waals surface area (Å²) in [5.41, 5.74) is 3.27. The average molecular weight is 610 g/mol. The summed E-state index contributed by atoms with van der Waals surface area (Å²) in [6.07, 6.45) is 2.69. The quantitative estimate of drug-likeness (QED) is 0.224. The Balaban J connectivity index is 1.61. The van der Waals surface area contributed by atoms with Crippen LogP contribution in [0.3, 0.4) is 0 Å². The Morgan fingerprint density at radius 1 is 1.14 bits per heavy atom. The Bertz CT molecular complexity index is 2040. The van der Waals surface area contributed by atoms with Crippen molar-refractivity contribution in [2.24, 2.45) is 7.05 Å². The molecule has 3 aromatic heterocycles. The molecule has 42 heavy (non-hydrogen) atoms. The molecule has 218 valence electrons. The highest BCUT2D eigenvalue weighted by Crippen LogP contribution is 2.30. The zero-order valence-electron chi connectivity index (χ0n) is 23.2. The monoisotopic (exact) mass is 609 g/mol. The molecule has 0 aliphatic heterocycles. The van der Waals surface area contributed by atoms with E-state index in [1.165, 1.54) is 16.7 Å². The molecular formula is C28H28ClN7O5S. The Kier molecular flexibility index (Phi) is 7.75. The van der Waals surface area contributed by atoms with Gasteiger partial charge in [0, 0.05) is 29.8 Å². The maximum Gasteiger partial charge on any atom is 0.285 e. The third-order valence-corrected chi connectivity index (χ3v) is 7.45. The second-order valence-corrected chi connectivity index (χ2v) is 12.2. The van der Waals surface area contributed by atoms with Crippen molar-refractivity contribution in [3.8, 4) is 11.4 Å². The van der Waals surface area contributed by atoms with Gasteiger partial charge in [-0.1, -0.05) is 17.7 Å². The van der Waals surface area contributed by atoms with Gasteiger partial charge in [0.05, 0.1) is 47.6 Å². The Morgan fingerprint density at radius 2 is 1.90 bits per heavy atom. The lowest BCUT2D eigenvalue weighted by atomic mass is 10.0. The van der Waals surface area contributed by atoms with Gasteiger partial charge < -0.3 is 10.4 Å². The van der Waals surface area contributed by atoms with Gasteiger partial charge in [-0.2, -0.15) is 5.10 Å². The maximum absolute atomic E-state index is 13.6. The molecule has 0 saturated carbocycles. The molecule has 0 fully saturated rings. The molecule has 3 N–H and O–H groups in total. The number of carbonyl (C=O) groups excluding carboxylic acids is 1. The molecule has 1 amide bonds. The molecule has 0 spiro atoms. The van der Waals surface area contributed by atoms with Crippen LogP contribution in [0.5, 0.6) is 0 Å². The lowest BCUT2D eigenvalue weighted by Crippen LogP contribution is -2.31. The van der Waals surface area contributed by atoms with E-state index in [4.69, 9.17) is 16.6 Å². The Hall–Kier alpha value is -4.33. The Morgan fingerprint density at radius 3 is 2.62 bits per heavy atom. The van der Waals surface area contributed by atoms with Crippen molar-refractivity contribution in [2.75, 3.05) is 18.2 Å². The summed E-state index contributed by atoms with van der Waals surface area (Å²) in [5, 5.41) is 18.2. The normalized spacial score (nSPS) is 12.5. The predicted molar refractivity (Wildman–Crippen MR) is 161 cm³/mol. The fourth-order valence-corrected chi connectivity index (χ4v) is 5.41. The molecular weight excluding hydrogens is 582 g/mol. The number of carbonyl (C=O) groups is 1. The first-order valence-corrected chi connectivity index (χ1v) is 15.2. The van der Waals surface area contributed by atoms with E-state index < -0.39 is 22.0 Å². The van der Waals surface area contributed by atoms with Crippen molar-refractivity contribution >= 4 is 55.0 Å². The number of fused-ring (bicyclic) bond motifs is 2. The van der Waals surface area contributed by atoms with Crippen LogP contribution in [0.25, 0.3) is 33.2 Å². The molecule has 12 nitrogen and oxygen atoms in total. The van der Waals surface area contributed by atoms with Gasteiger partial charge in [0.2, 0.25) is 10.0 Å². The highest BCUT2D eigenvalue weighted by molar-refractivity contribution is 7.89. The van der Waals surface area contributed by atoms with E-state index in [9.17, 15) is 23.1 Å². The number of nitrogens with zero attached hydrogens (tertiary/aromatic N) is 5. The number of aliphatic hydroxyl groups is 1. The van der Waals surface area contributed by atoms with E-state index in [1.807, 2.05) is 49.0 Å². The number of aryl methyl sites for hydroxylation is 1. The lowest BCUT2D eigenvalue weighted by Gasteiger charge is -2.20. The predicted octanol–water partition coefficient (Wildman–Crippen LogP) is 3.16. The number of halogens is 1. The number of amides is 1. The first-order valence-electron chi connectivity index (χ1n) is 12.9. The standard InChI is InChI=1S/C28H28ClN7O5S/c1-15-11-19(16(2)30-22-7-8-23(29)31-25(22)27(38)34-42(4,40)41)24-20(12-15)28(39)35(3)26(32-24)17-5-6-21-18(13-17)14-36(33-21)9-10-37/h5-8,11-14,16,30,37H,9-10H2,1-4H3,(H,34,38)/t16-/m1/s1. The summed E-state index contributed by atoms with van der Waals surface area (Å²) in [4.78, 5) is 35.3. The number of sulfonamides is 1. The highest BCUT2D eigenvalue weighted by Gasteiger charge is 2.22. The van der Waals surface area contributed by atoms with Crippen LogP contribution in [0.4, 0.5) is 5.69 Å². The molecule has 1 atom stereocenters. The van der Waals surface area contributed by atoms with Crippen LogP contribution < -0.4 is 15.6 Å². The van der Waals surface area contributed by atoms with Gasteiger partial charge in [0.15, 0.2) is 5.69 Å². The van der Waals surface area contributed by atoms with Crippen LogP contribution in [0, 0.1) is 6.92 Å². The molecule has 0 unspecified atom stereocenters. The van der Waals surface area contributed by atoms with Crippen LogP contribution in [0.15, 0.2) is 53.5 Å². The lowest BCUT2D eigenvalue weighted by molar-refractivity contribution is 0.0977. The second kappa shape index (κ2) is 11.2. The van der Waals surface area contributed by atoms with E-state index >= 15 is 0 Å². The second-order valence-electron chi connectivity index (χ2n) is 10.0. The highest BCUT2D eigenvalue weighted by atomic mass is 35.5. The SMILES string of the molecule is Cc1cc([C@@H](C)Nc2ccc(Cl)nc2C(=O)NS(C)(=O)=O)c2nc(-c3ccc4nn(CCO)cc4c3)n(C)c(=O)c2c1. The van der Waals surface area contributed by atoms with Crippen molar-refractivity contribution < 1.29 is 18.3 Å². The smallest absolute Gasteiger partial charge is 0.285 e. The van der Waals surface area contributed by atoms with Crippen molar-refractivity contribution in [1.82, 2.24) is 29.0 Å². The van der Waals surface area contributed by atoms with Gasteiger partial charge >= 0.3 is 0 Å². The topological polar surface area (TPSA) is 161 Å². The van der Waals surface area contributed by atoms with Gasteiger partial charge in [-0.05, 0) is 55.8 Å². The number of benzene rings is 2. The fourth-order valence-electron chi connectivity index (χ4n) is 4.83. The molecule has 5 rings (SSSR count). The van der Waals surface area contributed by atoms with Crippen LogP contribution >= 0.6 is 11.6 Å². The van der Waals surface area contributed by atoms with Crippen molar-refractivity contribution in [1.29, 1.82) is 0 Å². The van der Waals surface area contributed by atoms with Gasteiger partial charge in [0.1, 0.15) is 11.0 Å². The van der Waals surface area contributed by atoms with Crippen LogP contribution in [-0.4, -0.2) is 56.6 Å². The average Bonchev–Trinajstić information content (AvgIpc) is 3.32. The largest absolute Gasteiger partial charge is 0.394 e. The van der Waals surface area contributed by atoms with Crippen molar-refractivity contribution in [2.45, 2.75) is 26.4 Å². The van der Waals surface area contributed by atoms with Crippen LogP contribution in [-0.2, 0) is 23.6 Å². The summed E-state index contributed by atoms with van der Waals surface area (Å²) >= 11 is 6.01. The maximum atomic E-state index is 13.6. The van der Waals surface area contributed by atoms with E-state index in [0.29, 0.717) is 34.4 Å². The summed E-state index contributed by atoms with van der Waals surface area (Å²) in [5.74, 6) is -0.487. The molecule has 0 saturated heterocycles. The van der Waals surface area contributed by atoms with Gasteiger partial charge in [-0.15, -0.1) is 0 Å². The Labute approximate surface area is 246 Å². The van der Waals surface area contributed by atoms with Gasteiger partial charge in [0.25, 0.3) is 11.5 Å². The van der Waals surface area contributed by atoms with Crippen molar-refractivity contribution in [3.63, 3.8) is 0 Å². The number of rotatable bonds is 8. The number of pyridine rings is 1. The number of hydrogen-bond acceptors (Lipinski definition) is 9. The molecule has 3 heterocycles. The number of anilines is 1. The summed E-state index contributed by atoms with van der Waals surface area (Å²) < 4.78 is 28.4. The van der Waals surface area contributed by atoms with Gasteiger partial charge in [-0.3, -0.25) is 18.8 Å². The number of nitrogens with one attached hydrogen (secondary N) is 2. The third kappa shape index (κ3) is 5.84. The molecule has 0 radical (unpaired) electrons. The first-order chi connectivity index (χ1) is 19.8. The van der Waals surface area contributed by atoms with Gasteiger partial charge in [-0.25, -0.2) is 23.1 Å². The van der Waals surface area contributed by atoms with Crippen LogP contribution in [0.1, 0.15) is 34.6 Å². The molecule has 0 bridgehead atoms. The number of aliphatic hydroxyl groups excluding tert-OH is 1. The third-order valence-electron chi connectivity index (χ3n) is 6.69. The van der Waals surface area contributed by atoms with E-state index in [2.05, 4.69) is 15.4 Å². The van der Waals surface area contributed by atoms with E-state index in [-0.39, 0.29) is 28.7 Å². The molecule has 2 aromatic carbocycles. The van der Waals surface area contributed by atoms with E-state index in [0.717, 1.165) is 22.7 Å². The minimum Gasteiger partial charge on any atom is -0.394 e. The van der Waals surface area contributed by atoms with E-state index in [1.54, 1.807) is 17.8 Å². The fraction of sp³-hybridized carbons (Fsp3) is 0.250. The molecule has 0 aliphatic carbocycles. The number of aromatic nitrogens is 5. The molecule has 14 heteroatoms. The zero-order chi connectivity index (χ0) is 30.3. The summed E-state index contributed by atoms with van der Waals surface area (Å²) in [6, 6.07) is 11.8. The molecule has 0 aliphatic rings. The van der Waals surface area contributed by atoms with Crippen molar-refractivity contribution in [3.05, 3.63) is 81.0 Å². The first kappa shape index (κ1) is 29.2. The summed E-state index contributed by atoms with van der Waals surface area (Å²) in [6.45, 7) is 4.04. The zero-order valence-corrected chi connectivity index (χ0v) is 24.8. The summed E-state index contributed by atoms with van der Waals surface area (Å²) in [7, 11) is -2.18. The number of hydrogen-bond donors (Lipinski definition) is 3. The van der Waals surface area contributed by atoms with Crippen LogP contribution in [0.2, 0.25) is 5.15 Å².